The van der Waals surface area contributed by atoms with E-state index < -0.39 is 0 Å². The molecule has 3 rings (SSSR count). The molecule has 0 radical (unpaired) electrons. The van der Waals surface area contributed by atoms with Crippen LogP contribution in [0.15, 0.2) is 0 Å². The van der Waals surface area contributed by atoms with Crippen molar-refractivity contribution in [3.05, 3.63) is 0 Å². The molecule has 15 heavy (non-hydrogen) atoms. The van der Waals surface area contributed by atoms with Gasteiger partial charge in [0, 0.05) is 11.8 Å². The van der Waals surface area contributed by atoms with E-state index in [0.29, 0.717) is 0 Å². The minimum Gasteiger partial charge on any atom is -0.303 e. The summed E-state index contributed by atoms with van der Waals surface area (Å²) < 4.78 is 0. The second-order valence-corrected chi connectivity index (χ2v) is 5.73. The SMILES string of the molecule is O=CC1CC2C3CCC(C3)C2CC1C=O. The largest absolute Gasteiger partial charge is 0.303 e. The molecule has 0 heterocycles. The van der Waals surface area contributed by atoms with E-state index in [-0.39, 0.29) is 11.8 Å². The van der Waals surface area contributed by atoms with E-state index in [1.807, 2.05) is 0 Å². The van der Waals surface area contributed by atoms with Crippen LogP contribution in [-0.2, 0) is 9.59 Å². The van der Waals surface area contributed by atoms with E-state index >= 15 is 0 Å². The van der Waals surface area contributed by atoms with Crippen LogP contribution in [0.4, 0.5) is 0 Å². The molecule has 3 saturated carbocycles. The monoisotopic (exact) mass is 206 g/mol. The summed E-state index contributed by atoms with van der Waals surface area (Å²) in [4.78, 5) is 21.9. The Kier molecular flexibility index (Phi) is 2.18. The first-order chi connectivity index (χ1) is 7.33. The third-order valence-electron chi connectivity index (χ3n) is 5.26. The highest BCUT2D eigenvalue weighted by Crippen LogP contribution is 2.58. The maximum Gasteiger partial charge on any atom is 0.123 e. The van der Waals surface area contributed by atoms with Crippen LogP contribution in [-0.4, -0.2) is 12.6 Å². The fourth-order valence-electron chi connectivity index (χ4n) is 4.56. The number of aldehydes is 2. The Labute approximate surface area is 90.4 Å². The number of rotatable bonds is 2. The van der Waals surface area contributed by atoms with Gasteiger partial charge in [0.1, 0.15) is 12.6 Å². The Morgan fingerprint density at radius 3 is 1.60 bits per heavy atom. The summed E-state index contributed by atoms with van der Waals surface area (Å²) in [5.41, 5.74) is 0. The number of hydrogen-bond acceptors (Lipinski definition) is 2. The zero-order valence-corrected chi connectivity index (χ0v) is 8.97. The average molecular weight is 206 g/mol. The summed E-state index contributed by atoms with van der Waals surface area (Å²) in [6, 6.07) is 0. The highest BCUT2D eigenvalue weighted by molar-refractivity contribution is 5.65. The van der Waals surface area contributed by atoms with Crippen LogP contribution in [0.25, 0.3) is 0 Å². The molecule has 0 amide bonds. The molecule has 2 nitrogen and oxygen atoms in total. The summed E-state index contributed by atoms with van der Waals surface area (Å²) in [5, 5.41) is 0. The Hall–Kier alpha value is -0.660. The maximum absolute atomic E-state index is 11.0. The summed E-state index contributed by atoms with van der Waals surface area (Å²) in [6.45, 7) is 0. The normalized spacial score (nSPS) is 52.5. The predicted molar refractivity (Wildman–Crippen MR) is 56.2 cm³/mol. The van der Waals surface area contributed by atoms with Gasteiger partial charge in [-0.1, -0.05) is 0 Å². The highest BCUT2D eigenvalue weighted by Gasteiger charge is 2.51. The van der Waals surface area contributed by atoms with Crippen LogP contribution in [0, 0.1) is 35.5 Å². The third kappa shape index (κ3) is 1.30. The zero-order valence-electron chi connectivity index (χ0n) is 8.97. The molecule has 0 aromatic rings. The quantitative estimate of drug-likeness (QED) is 0.648. The van der Waals surface area contributed by atoms with Gasteiger partial charge < -0.3 is 9.59 Å². The van der Waals surface area contributed by atoms with Crippen LogP contribution in [0.3, 0.4) is 0 Å². The van der Waals surface area contributed by atoms with Gasteiger partial charge in [-0.05, 0) is 55.8 Å². The minimum absolute atomic E-state index is 0.0306. The molecule has 82 valence electrons. The van der Waals surface area contributed by atoms with Gasteiger partial charge in [-0.2, -0.15) is 0 Å². The van der Waals surface area contributed by atoms with Crippen LogP contribution in [0.1, 0.15) is 32.1 Å². The van der Waals surface area contributed by atoms with Crippen molar-refractivity contribution in [2.75, 3.05) is 0 Å². The number of fused-ring (bicyclic) bond motifs is 5. The van der Waals surface area contributed by atoms with Crippen molar-refractivity contribution in [1.82, 2.24) is 0 Å². The Bertz CT molecular complexity index is 258. The molecule has 6 unspecified atom stereocenters. The smallest absolute Gasteiger partial charge is 0.123 e. The van der Waals surface area contributed by atoms with Gasteiger partial charge >= 0.3 is 0 Å². The summed E-state index contributed by atoms with van der Waals surface area (Å²) in [7, 11) is 0. The molecule has 0 aliphatic heterocycles. The Balaban J connectivity index is 1.81. The van der Waals surface area contributed by atoms with Crippen LogP contribution >= 0.6 is 0 Å². The van der Waals surface area contributed by atoms with E-state index in [9.17, 15) is 9.59 Å². The lowest BCUT2D eigenvalue weighted by Crippen LogP contribution is -2.36. The molecule has 0 aromatic carbocycles. The van der Waals surface area contributed by atoms with E-state index in [4.69, 9.17) is 0 Å². The zero-order chi connectivity index (χ0) is 10.4. The first-order valence-electron chi connectivity index (χ1n) is 6.24. The van der Waals surface area contributed by atoms with Gasteiger partial charge in [0.25, 0.3) is 0 Å². The summed E-state index contributed by atoms with van der Waals surface area (Å²) in [6.07, 6.45) is 8.19. The van der Waals surface area contributed by atoms with Gasteiger partial charge in [0.05, 0.1) is 0 Å². The third-order valence-corrected chi connectivity index (χ3v) is 5.26. The van der Waals surface area contributed by atoms with Gasteiger partial charge in [-0.25, -0.2) is 0 Å². The lowest BCUT2D eigenvalue weighted by atomic mass is 9.64. The number of hydrogen-bond donors (Lipinski definition) is 0. The highest BCUT2D eigenvalue weighted by atomic mass is 16.1. The molecule has 3 fully saturated rings. The van der Waals surface area contributed by atoms with Crippen molar-refractivity contribution in [3.8, 4) is 0 Å². The van der Waals surface area contributed by atoms with E-state index in [0.717, 1.165) is 49.1 Å². The molecule has 0 aromatic heterocycles. The van der Waals surface area contributed by atoms with Crippen molar-refractivity contribution in [1.29, 1.82) is 0 Å². The average Bonchev–Trinajstić information content (AvgIpc) is 2.88. The fourth-order valence-corrected chi connectivity index (χ4v) is 4.56. The second kappa shape index (κ2) is 3.43. The number of carbonyl (C=O) groups excluding carboxylic acids is 2. The van der Waals surface area contributed by atoms with E-state index in [1.165, 1.54) is 19.3 Å². The van der Waals surface area contributed by atoms with Crippen LogP contribution in [0.2, 0.25) is 0 Å². The molecule has 2 bridgehead atoms. The van der Waals surface area contributed by atoms with Gasteiger partial charge in [-0.15, -0.1) is 0 Å². The van der Waals surface area contributed by atoms with E-state index in [1.54, 1.807) is 0 Å². The second-order valence-electron chi connectivity index (χ2n) is 5.73. The minimum atomic E-state index is 0.0306. The predicted octanol–water partition coefficient (Wildman–Crippen LogP) is 2.07. The first kappa shape index (κ1) is 9.56. The Morgan fingerprint density at radius 2 is 1.20 bits per heavy atom. The van der Waals surface area contributed by atoms with Crippen molar-refractivity contribution in [2.24, 2.45) is 35.5 Å². The molecule has 0 N–H and O–H groups in total. The van der Waals surface area contributed by atoms with E-state index in [2.05, 4.69) is 0 Å². The molecule has 6 atom stereocenters. The fraction of sp³-hybridized carbons (Fsp3) is 0.846. The van der Waals surface area contributed by atoms with Crippen molar-refractivity contribution in [3.63, 3.8) is 0 Å². The molecule has 2 heteroatoms. The molecular weight excluding hydrogens is 188 g/mol. The van der Waals surface area contributed by atoms with Gasteiger partial charge in [0.2, 0.25) is 0 Å². The summed E-state index contributed by atoms with van der Waals surface area (Å²) >= 11 is 0. The topological polar surface area (TPSA) is 34.1 Å². The molecule has 3 aliphatic carbocycles. The Morgan fingerprint density at radius 1 is 0.733 bits per heavy atom. The van der Waals surface area contributed by atoms with Gasteiger partial charge in [0.15, 0.2) is 0 Å². The molecule has 0 spiro atoms. The van der Waals surface area contributed by atoms with Crippen molar-refractivity contribution in [2.45, 2.75) is 32.1 Å². The van der Waals surface area contributed by atoms with Crippen LogP contribution < -0.4 is 0 Å². The maximum atomic E-state index is 11.0. The van der Waals surface area contributed by atoms with Crippen molar-refractivity contribution >= 4 is 12.6 Å². The first-order valence-corrected chi connectivity index (χ1v) is 6.24. The molecular formula is C13H18O2. The standard InChI is InChI=1S/C13H18O2/c14-6-10-4-12-8-1-2-9(3-8)13(12)5-11(10)7-15/h6-13H,1-5H2. The van der Waals surface area contributed by atoms with Crippen molar-refractivity contribution < 1.29 is 9.59 Å². The lowest BCUT2D eigenvalue weighted by molar-refractivity contribution is -0.123. The van der Waals surface area contributed by atoms with Crippen LogP contribution in [0.5, 0.6) is 0 Å². The molecule has 0 saturated heterocycles. The summed E-state index contributed by atoms with van der Waals surface area (Å²) in [5.74, 6) is 3.38. The lowest BCUT2D eigenvalue weighted by Gasteiger charge is -2.40. The molecule has 3 aliphatic rings. The van der Waals surface area contributed by atoms with Gasteiger partial charge in [-0.3, -0.25) is 0 Å². The number of carbonyl (C=O) groups is 2.